The number of carbonyl (C=O) groups excluding carboxylic acids is 3. The molecule has 3 aromatic rings. The van der Waals surface area contributed by atoms with E-state index in [4.69, 9.17) is 14.2 Å². The van der Waals surface area contributed by atoms with Crippen LogP contribution in [0.4, 0.5) is 0 Å². The van der Waals surface area contributed by atoms with E-state index in [0.717, 1.165) is 53.2 Å². The summed E-state index contributed by atoms with van der Waals surface area (Å²) >= 11 is 0. The monoisotopic (exact) mass is 704 g/mol. The van der Waals surface area contributed by atoms with Gasteiger partial charge in [0.1, 0.15) is 17.9 Å². The molecule has 4 N–H and O–H groups in total. The maximum absolute atomic E-state index is 13.5. The van der Waals surface area contributed by atoms with Gasteiger partial charge in [-0.05, 0) is 68.7 Å². The summed E-state index contributed by atoms with van der Waals surface area (Å²) in [6.45, 7) is 6.71. The number of carbonyl (C=O) groups is 3. The molecule has 2 aromatic carbocycles. The van der Waals surface area contributed by atoms with Gasteiger partial charge >= 0.3 is 0 Å². The van der Waals surface area contributed by atoms with Gasteiger partial charge in [-0.25, -0.2) is 4.98 Å². The van der Waals surface area contributed by atoms with Gasteiger partial charge in [0, 0.05) is 34.4 Å². The van der Waals surface area contributed by atoms with Crippen LogP contribution < -0.4 is 10.6 Å². The maximum atomic E-state index is 13.5. The van der Waals surface area contributed by atoms with Crippen LogP contribution in [-0.4, -0.2) is 108 Å². The van der Waals surface area contributed by atoms with Crippen molar-refractivity contribution in [2.45, 2.75) is 95.7 Å². The lowest BCUT2D eigenvalue weighted by Crippen LogP contribution is -2.58. The van der Waals surface area contributed by atoms with E-state index < -0.39 is 24.6 Å². The van der Waals surface area contributed by atoms with E-state index >= 15 is 0 Å². The van der Waals surface area contributed by atoms with E-state index in [0.29, 0.717) is 25.8 Å². The number of rotatable bonds is 15. The van der Waals surface area contributed by atoms with Crippen molar-refractivity contribution in [1.29, 1.82) is 0 Å². The average molecular weight is 705 g/mol. The van der Waals surface area contributed by atoms with Gasteiger partial charge in [0.2, 0.25) is 24.1 Å². The number of hydrogen-bond donors (Lipinski definition) is 4. The zero-order chi connectivity index (χ0) is 36.7. The number of methoxy groups -OCH3 is 3. The molecule has 2 aliphatic heterocycles. The molecule has 2 fully saturated rings. The predicted octanol–water partition coefficient (Wildman–Crippen LogP) is 3.92. The van der Waals surface area contributed by atoms with Gasteiger partial charge < -0.3 is 39.4 Å². The molecule has 13 nitrogen and oxygen atoms in total. The van der Waals surface area contributed by atoms with Gasteiger partial charge in [0.25, 0.3) is 0 Å². The maximum Gasteiger partial charge on any atom is 0.243 e. The Morgan fingerprint density at radius 1 is 0.882 bits per heavy atom. The second-order valence-electron chi connectivity index (χ2n) is 13.5. The first-order valence-electron chi connectivity index (χ1n) is 17.7. The second-order valence-corrected chi connectivity index (χ2v) is 13.5. The van der Waals surface area contributed by atoms with Crippen LogP contribution in [0.25, 0.3) is 22.4 Å². The van der Waals surface area contributed by atoms with Gasteiger partial charge in [-0.3, -0.25) is 19.7 Å². The highest BCUT2D eigenvalue weighted by Crippen LogP contribution is 2.33. The third-order valence-electron chi connectivity index (χ3n) is 10.1. The number of aliphatic hydroxyl groups is 1. The Balaban J connectivity index is 1.19. The highest BCUT2D eigenvalue weighted by atomic mass is 16.6. The van der Waals surface area contributed by atoms with Crippen molar-refractivity contribution in [1.82, 2.24) is 30.4 Å². The molecule has 3 heterocycles. The zero-order valence-electron chi connectivity index (χ0n) is 30.4. The van der Waals surface area contributed by atoms with Crippen LogP contribution in [0.2, 0.25) is 0 Å². The minimum atomic E-state index is -1.35. The Morgan fingerprint density at radius 2 is 1.51 bits per heavy atom. The van der Waals surface area contributed by atoms with Gasteiger partial charge in [0.15, 0.2) is 0 Å². The van der Waals surface area contributed by atoms with Gasteiger partial charge in [-0.15, -0.1) is 0 Å². The fourth-order valence-electron chi connectivity index (χ4n) is 6.90. The van der Waals surface area contributed by atoms with Crippen molar-refractivity contribution in [3.8, 4) is 22.4 Å². The van der Waals surface area contributed by atoms with Crippen LogP contribution >= 0.6 is 0 Å². The third kappa shape index (κ3) is 9.03. The predicted molar refractivity (Wildman–Crippen MR) is 192 cm³/mol. The van der Waals surface area contributed by atoms with E-state index in [-0.39, 0.29) is 35.9 Å². The number of ether oxygens (including phenoxy) is 3. The molecule has 1 aromatic heterocycles. The van der Waals surface area contributed by atoms with Crippen molar-refractivity contribution in [2.24, 2.45) is 0 Å². The van der Waals surface area contributed by atoms with Crippen molar-refractivity contribution >= 4 is 17.7 Å². The highest BCUT2D eigenvalue weighted by molar-refractivity contribution is 5.91. The van der Waals surface area contributed by atoms with Gasteiger partial charge in [-0.1, -0.05) is 48.5 Å². The zero-order valence-corrected chi connectivity index (χ0v) is 30.4. The standard InChI is InChI=1S/C38H52N6O7/c1-23(49-4)21-33(45)43-19-7-9-31(43)35-39-22-30(41-35)29-17-15-28(16-18-29)27-13-11-26(12-14-27)24(2)40-36(46)32-10-8-20-44(32)37(47)34(25(3)50-5)42-38(48)51-6/h11-18,22-25,31-32,34,38,42,48H,7-10,19-21H2,1-6H3,(H,39,41)(H,40,46). The van der Waals surface area contributed by atoms with Crippen LogP contribution in [0.15, 0.2) is 54.7 Å². The Kier molecular flexibility index (Phi) is 13.0. The molecule has 7 unspecified atom stereocenters. The summed E-state index contributed by atoms with van der Waals surface area (Å²) in [5, 5.41) is 15.8. The molecule has 0 radical (unpaired) electrons. The second kappa shape index (κ2) is 17.4. The molecular formula is C38H52N6O7. The lowest BCUT2D eigenvalue weighted by Gasteiger charge is -2.32. The van der Waals surface area contributed by atoms with Gasteiger partial charge in [0.05, 0.1) is 42.6 Å². The molecule has 2 aliphatic rings. The number of aromatic amines is 1. The van der Waals surface area contributed by atoms with Crippen LogP contribution in [0, 0.1) is 0 Å². The summed E-state index contributed by atoms with van der Waals surface area (Å²) in [7, 11) is 4.43. The molecule has 276 valence electrons. The lowest BCUT2D eigenvalue weighted by molar-refractivity contribution is -0.151. The summed E-state index contributed by atoms with van der Waals surface area (Å²) in [6, 6.07) is 14.5. The first-order valence-corrected chi connectivity index (χ1v) is 17.7. The van der Waals surface area contributed by atoms with Crippen molar-refractivity contribution in [3.05, 3.63) is 66.1 Å². The summed E-state index contributed by atoms with van der Waals surface area (Å²) in [6.07, 6.45) is 3.23. The Hall–Kier alpha value is -4.14. The molecule has 0 aliphatic carbocycles. The molecule has 0 saturated carbocycles. The quantitative estimate of drug-likeness (QED) is 0.172. The minimum Gasteiger partial charge on any atom is -0.381 e. The highest BCUT2D eigenvalue weighted by Gasteiger charge is 2.40. The van der Waals surface area contributed by atoms with Crippen LogP contribution in [0.3, 0.4) is 0 Å². The Morgan fingerprint density at radius 3 is 2.16 bits per heavy atom. The summed E-state index contributed by atoms with van der Waals surface area (Å²) in [5.74, 6) is 0.343. The number of aromatic nitrogens is 2. The molecular weight excluding hydrogens is 652 g/mol. The molecule has 0 bridgehead atoms. The van der Waals surface area contributed by atoms with E-state index in [1.54, 1.807) is 18.9 Å². The molecule has 0 spiro atoms. The number of aliphatic hydroxyl groups excluding tert-OH is 1. The Labute approximate surface area is 300 Å². The molecule has 13 heteroatoms. The lowest BCUT2D eigenvalue weighted by atomic mass is 9.99. The van der Waals surface area contributed by atoms with Crippen molar-refractivity contribution in [3.63, 3.8) is 0 Å². The summed E-state index contributed by atoms with van der Waals surface area (Å²) in [4.78, 5) is 51.4. The van der Waals surface area contributed by atoms with E-state index in [2.05, 4.69) is 44.9 Å². The molecule has 5 rings (SSSR count). The number of nitrogens with one attached hydrogen (secondary N) is 3. The molecule has 7 atom stereocenters. The molecule has 51 heavy (non-hydrogen) atoms. The van der Waals surface area contributed by atoms with Crippen molar-refractivity contribution in [2.75, 3.05) is 34.4 Å². The molecule has 3 amide bonds. The molecule has 2 saturated heterocycles. The topological polar surface area (TPSA) is 158 Å². The number of likely N-dealkylation sites (tertiary alicyclic amines) is 2. The average Bonchev–Trinajstić information content (AvgIpc) is 3.95. The largest absolute Gasteiger partial charge is 0.381 e. The van der Waals surface area contributed by atoms with Crippen LogP contribution in [-0.2, 0) is 28.6 Å². The number of imidazole rings is 1. The van der Waals surface area contributed by atoms with E-state index in [1.807, 2.05) is 49.2 Å². The summed E-state index contributed by atoms with van der Waals surface area (Å²) < 4.78 is 15.5. The fraction of sp³-hybridized carbons (Fsp3) is 0.526. The first kappa shape index (κ1) is 38.1. The number of nitrogens with zero attached hydrogens (tertiary/aromatic N) is 3. The third-order valence-corrected chi connectivity index (χ3v) is 10.1. The van der Waals surface area contributed by atoms with E-state index in [1.165, 1.54) is 14.2 Å². The van der Waals surface area contributed by atoms with Crippen LogP contribution in [0.5, 0.6) is 0 Å². The minimum absolute atomic E-state index is 0.0599. The number of hydrogen-bond acceptors (Lipinski definition) is 9. The Bertz CT molecular complexity index is 1610. The normalized spacial score (nSPS) is 20.5. The number of H-pyrrole nitrogens is 1. The van der Waals surface area contributed by atoms with Crippen molar-refractivity contribution < 1.29 is 33.7 Å². The smallest absolute Gasteiger partial charge is 0.243 e. The fourth-order valence-corrected chi connectivity index (χ4v) is 6.90. The summed E-state index contributed by atoms with van der Waals surface area (Å²) in [5.41, 5.74) is 4.93. The van der Waals surface area contributed by atoms with Crippen LogP contribution in [0.1, 0.15) is 76.3 Å². The van der Waals surface area contributed by atoms with E-state index in [9.17, 15) is 19.5 Å². The van der Waals surface area contributed by atoms with Gasteiger partial charge in [-0.2, -0.15) is 0 Å². The number of amides is 3. The number of benzene rings is 2. The first-order chi connectivity index (χ1) is 24.5. The SMILES string of the molecule is COC(C)CC(=O)N1CCCC1c1ncc(-c2ccc(-c3ccc(C(C)NC(=O)C4CCCN4C(=O)C(NC(O)OC)C(C)OC)cc3)cc2)[nH]1.